The van der Waals surface area contributed by atoms with E-state index >= 15 is 0 Å². The molecule has 0 aromatic heterocycles. The van der Waals surface area contributed by atoms with Crippen LogP contribution in [-0.2, 0) is 16.1 Å². The number of nitrogens with zero attached hydrogens (tertiary/aromatic N) is 1. The Morgan fingerprint density at radius 3 is 2.54 bits per heavy atom. The highest BCUT2D eigenvalue weighted by molar-refractivity contribution is 5.99. The molecule has 3 rings (SSSR count). The zero-order chi connectivity index (χ0) is 17.5. The van der Waals surface area contributed by atoms with Crippen LogP contribution in [0.1, 0.15) is 29.8 Å². The van der Waals surface area contributed by atoms with Gasteiger partial charge >= 0.3 is 5.97 Å². The number of carbonyl (C=O) groups is 2. The highest BCUT2D eigenvalue weighted by atomic mass is 16.5. The van der Waals surface area contributed by atoms with Gasteiger partial charge in [0.1, 0.15) is 5.75 Å². The Bertz CT molecular complexity index is 713. The van der Waals surface area contributed by atoms with Crippen LogP contribution in [-0.4, -0.2) is 25.6 Å². The average Bonchev–Trinajstić information content (AvgIpc) is 2.65. The van der Waals surface area contributed by atoms with E-state index in [1.165, 1.54) is 7.11 Å². The Morgan fingerprint density at radius 2 is 1.88 bits per heavy atom. The largest absolute Gasteiger partial charge is 0.482 e. The number of methoxy groups -OCH3 is 1. The molecule has 0 saturated heterocycles. The molecule has 2 aromatic rings. The molecule has 2 aromatic carbocycles. The lowest BCUT2D eigenvalue weighted by Crippen LogP contribution is -2.38. The van der Waals surface area contributed by atoms with Gasteiger partial charge in [0.25, 0.3) is 5.91 Å². The van der Waals surface area contributed by atoms with Gasteiger partial charge in [-0.05, 0) is 23.8 Å². The predicted molar refractivity (Wildman–Crippen MR) is 92.3 cm³/mol. The number of carbonyl (C=O) groups excluding carboxylic acids is 2. The number of fused-ring (bicyclic) bond motifs is 1. The molecule has 1 amide bonds. The quantitative estimate of drug-likeness (QED) is 0.811. The Kier molecular flexibility index (Phi) is 5.95. The van der Waals surface area contributed by atoms with E-state index in [0.29, 0.717) is 23.5 Å². The number of anilines is 1. The molecule has 0 radical (unpaired) electrons. The van der Waals surface area contributed by atoms with E-state index in [1.54, 1.807) is 23.1 Å². The molecular weight excluding hydrogens is 306 g/mol. The van der Waals surface area contributed by atoms with Crippen LogP contribution in [0.15, 0.2) is 48.5 Å². The minimum absolute atomic E-state index is 0.0372. The lowest BCUT2D eigenvalue weighted by atomic mass is 10.1. The standard InChI is InChI=1S/C17H15NO4.C2H6/c1-21-17(20)13-7-8-14-15(9-13)22-11-16(19)18(14)10-12-5-3-2-4-6-12;1-2/h2-9H,10-11H2,1H3;1-2H3. The number of amides is 1. The van der Waals surface area contributed by atoms with E-state index < -0.39 is 5.97 Å². The van der Waals surface area contributed by atoms with Gasteiger partial charge in [0.05, 0.1) is 24.9 Å². The van der Waals surface area contributed by atoms with Gasteiger partial charge in [-0.3, -0.25) is 4.79 Å². The van der Waals surface area contributed by atoms with Crippen molar-refractivity contribution in [1.82, 2.24) is 0 Å². The van der Waals surface area contributed by atoms with Crippen LogP contribution in [0.3, 0.4) is 0 Å². The fourth-order valence-electron chi connectivity index (χ4n) is 2.39. The molecule has 0 fully saturated rings. The van der Waals surface area contributed by atoms with Crippen molar-refractivity contribution < 1.29 is 19.1 Å². The molecule has 0 N–H and O–H groups in total. The monoisotopic (exact) mass is 327 g/mol. The summed E-state index contributed by atoms with van der Waals surface area (Å²) < 4.78 is 10.1. The molecular formula is C19H21NO4. The van der Waals surface area contributed by atoms with Gasteiger partial charge in [0, 0.05) is 0 Å². The van der Waals surface area contributed by atoms with Crippen LogP contribution in [0.2, 0.25) is 0 Å². The van der Waals surface area contributed by atoms with E-state index in [4.69, 9.17) is 9.47 Å². The molecule has 1 heterocycles. The minimum Gasteiger partial charge on any atom is -0.482 e. The first-order valence-electron chi connectivity index (χ1n) is 7.88. The van der Waals surface area contributed by atoms with E-state index in [9.17, 15) is 9.59 Å². The number of hydrogen-bond donors (Lipinski definition) is 0. The van der Waals surface area contributed by atoms with E-state index in [1.807, 2.05) is 44.2 Å². The van der Waals surface area contributed by atoms with Gasteiger partial charge in [-0.2, -0.15) is 0 Å². The summed E-state index contributed by atoms with van der Waals surface area (Å²) in [5.74, 6) is -0.0292. The van der Waals surface area contributed by atoms with E-state index in [-0.39, 0.29) is 12.5 Å². The summed E-state index contributed by atoms with van der Waals surface area (Å²) in [5.41, 5.74) is 2.09. The third kappa shape index (κ3) is 3.74. The van der Waals surface area contributed by atoms with Crippen LogP contribution in [0.25, 0.3) is 0 Å². The first kappa shape index (κ1) is 17.5. The van der Waals surface area contributed by atoms with Crippen LogP contribution < -0.4 is 9.64 Å². The average molecular weight is 327 g/mol. The molecule has 0 unspecified atom stereocenters. The predicted octanol–water partition coefficient (Wildman–Crippen LogP) is 3.43. The van der Waals surface area contributed by atoms with Gasteiger partial charge in [-0.1, -0.05) is 44.2 Å². The number of esters is 1. The number of ether oxygens (including phenoxy) is 2. The van der Waals surface area contributed by atoms with Gasteiger partial charge in [-0.25, -0.2) is 4.79 Å². The summed E-state index contributed by atoms with van der Waals surface area (Å²) >= 11 is 0. The fraction of sp³-hybridized carbons (Fsp3) is 0.263. The maximum absolute atomic E-state index is 12.1. The molecule has 126 valence electrons. The zero-order valence-corrected chi connectivity index (χ0v) is 14.1. The zero-order valence-electron chi connectivity index (χ0n) is 14.1. The van der Waals surface area contributed by atoms with Crippen LogP contribution >= 0.6 is 0 Å². The summed E-state index contributed by atoms with van der Waals surface area (Å²) in [7, 11) is 1.33. The Morgan fingerprint density at radius 1 is 1.17 bits per heavy atom. The van der Waals surface area contributed by atoms with Gasteiger partial charge in [0.2, 0.25) is 0 Å². The molecule has 24 heavy (non-hydrogen) atoms. The van der Waals surface area contributed by atoms with Crippen LogP contribution in [0.5, 0.6) is 5.75 Å². The Balaban J connectivity index is 0.00000100. The second-order valence-electron chi connectivity index (χ2n) is 4.93. The summed E-state index contributed by atoms with van der Waals surface area (Å²) in [6, 6.07) is 14.7. The van der Waals surface area contributed by atoms with Crippen molar-refractivity contribution in [1.29, 1.82) is 0 Å². The minimum atomic E-state index is -0.432. The molecule has 0 saturated carbocycles. The van der Waals surface area contributed by atoms with Crippen molar-refractivity contribution in [2.75, 3.05) is 18.6 Å². The Labute approximate surface area is 141 Å². The van der Waals surface area contributed by atoms with E-state index in [0.717, 1.165) is 5.56 Å². The lowest BCUT2D eigenvalue weighted by molar-refractivity contribution is -0.121. The van der Waals surface area contributed by atoms with Crippen molar-refractivity contribution in [3.8, 4) is 5.75 Å². The second kappa shape index (κ2) is 8.15. The number of rotatable bonds is 3. The normalized spacial score (nSPS) is 12.5. The smallest absolute Gasteiger partial charge is 0.337 e. The lowest BCUT2D eigenvalue weighted by Gasteiger charge is -2.29. The van der Waals surface area contributed by atoms with Crippen LogP contribution in [0.4, 0.5) is 5.69 Å². The third-order valence-electron chi connectivity index (χ3n) is 3.51. The van der Waals surface area contributed by atoms with Crippen molar-refractivity contribution in [2.45, 2.75) is 20.4 Å². The third-order valence-corrected chi connectivity index (χ3v) is 3.51. The first-order chi connectivity index (χ1) is 11.7. The van der Waals surface area contributed by atoms with Crippen molar-refractivity contribution in [3.63, 3.8) is 0 Å². The molecule has 1 aliphatic rings. The highest BCUT2D eigenvalue weighted by Crippen LogP contribution is 2.34. The number of hydrogen-bond acceptors (Lipinski definition) is 4. The number of benzene rings is 2. The molecule has 5 nitrogen and oxygen atoms in total. The van der Waals surface area contributed by atoms with Gasteiger partial charge in [0.15, 0.2) is 6.61 Å². The van der Waals surface area contributed by atoms with Crippen molar-refractivity contribution >= 4 is 17.6 Å². The first-order valence-corrected chi connectivity index (χ1v) is 7.88. The maximum atomic E-state index is 12.1. The summed E-state index contributed by atoms with van der Waals surface area (Å²) in [5, 5.41) is 0. The van der Waals surface area contributed by atoms with Crippen molar-refractivity contribution in [3.05, 3.63) is 59.7 Å². The summed E-state index contributed by atoms with van der Waals surface area (Å²) in [6.45, 7) is 4.43. The van der Waals surface area contributed by atoms with Crippen LogP contribution in [0, 0.1) is 0 Å². The molecule has 0 bridgehead atoms. The highest BCUT2D eigenvalue weighted by Gasteiger charge is 2.26. The molecule has 0 aliphatic carbocycles. The molecule has 0 atom stereocenters. The topological polar surface area (TPSA) is 55.8 Å². The SMILES string of the molecule is CC.COC(=O)c1ccc2c(c1)OCC(=O)N2Cc1ccccc1. The molecule has 1 aliphatic heterocycles. The fourth-order valence-corrected chi connectivity index (χ4v) is 2.39. The van der Waals surface area contributed by atoms with Gasteiger partial charge in [-0.15, -0.1) is 0 Å². The van der Waals surface area contributed by atoms with Crippen molar-refractivity contribution in [2.24, 2.45) is 0 Å². The summed E-state index contributed by atoms with van der Waals surface area (Å²) in [6.07, 6.45) is 0. The second-order valence-corrected chi connectivity index (χ2v) is 4.93. The van der Waals surface area contributed by atoms with E-state index in [2.05, 4.69) is 0 Å². The molecule has 5 heteroatoms. The van der Waals surface area contributed by atoms with Gasteiger partial charge < -0.3 is 14.4 Å². The maximum Gasteiger partial charge on any atom is 0.337 e. The molecule has 0 spiro atoms. The summed E-state index contributed by atoms with van der Waals surface area (Å²) in [4.78, 5) is 25.4. The Hall–Kier alpha value is -2.82.